The van der Waals surface area contributed by atoms with Crippen molar-refractivity contribution in [1.82, 2.24) is 4.72 Å². The first-order valence-electron chi connectivity index (χ1n) is 9.68. The highest BCUT2D eigenvalue weighted by molar-refractivity contribution is 9.10. The zero-order valence-corrected chi connectivity index (χ0v) is 20.1. The fourth-order valence-electron chi connectivity index (χ4n) is 3.76. The van der Waals surface area contributed by atoms with E-state index in [-0.39, 0.29) is 27.1 Å². The van der Waals surface area contributed by atoms with Crippen LogP contribution in [0.1, 0.15) is 36.0 Å². The molecule has 0 aliphatic heterocycles. The number of carbonyl (C=O) groups excluding carboxylic acids is 1. The van der Waals surface area contributed by atoms with Crippen LogP contribution in [0.5, 0.6) is 0 Å². The number of carboxylic acids is 1. The molecule has 10 heteroatoms. The van der Waals surface area contributed by atoms with Gasteiger partial charge in [-0.1, -0.05) is 40.2 Å². The number of rotatable bonds is 6. The van der Waals surface area contributed by atoms with Gasteiger partial charge in [0, 0.05) is 15.4 Å². The quantitative estimate of drug-likeness (QED) is 0.438. The van der Waals surface area contributed by atoms with E-state index in [1.807, 2.05) is 24.3 Å². The second kappa shape index (κ2) is 8.78. The minimum Gasteiger partial charge on any atom is -0.478 e. The van der Waals surface area contributed by atoms with Gasteiger partial charge >= 0.3 is 5.97 Å². The van der Waals surface area contributed by atoms with Gasteiger partial charge in [0.05, 0.1) is 21.0 Å². The molecule has 2 aromatic carbocycles. The lowest BCUT2D eigenvalue weighted by Gasteiger charge is -2.12. The molecule has 0 fully saturated rings. The number of aryl methyl sites for hydroxylation is 1. The topological polar surface area (TPSA) is 113 Å². The highest BCUT2D eigenvalue weighted by atomic mass is 79.9. The van der Waals surface area contributed by atoms with Crippen molar-refractivity contribution >= 4 is 54.9 Å². The molecular formula is C22H19BrN2O5S2. The van der Waals surface area contributed by atoms with Crippen molar-refractivity contribution < 1.29 is 23.1 Å². The highest BCUT2D eigenvalue weighted by Crippen LogP contribution is 2.29. The van der Waals surface area contributed by atoms with Gasteiger partial charge < -0.3 is 10.4 Å². The van der Waals surface area contributed by atoms with Gasteiger partial charge in [0.15, 0.2) is 0 Å². The Morgan fingerprint density at radius 1 is 1.09 bits per heavy atom. The predicted molar refractivity (Wildman–Crippen MR) is 126 cm³/mol. The number of sulfonamides is 1. The summed E-state index contributed by atoms with van der Waals surface area (Å²) >= 11 is 4.25. The van der Waals surface area contributed by atoms with E-state index in [0.29, 0.717) is 22.2 Å². The fraction of sp³-hybridized carbons (Fsp3) is 0.182. The summed E-state index contributed by atoms with van der Waals surface area (Å²) in [6, 6.07) is 13.4. The fourth-order valence-corrected chi connectivity index (χ4v) is 6.84. The summed E-state index contributed by atoms with van der Waals surface area (Å²) in [6.07, 6.45) is 1.24. The molecule has 1 aliphatic rings. The number of carboxylic acid groups (broad SMARTS) is 1. The highest BCUT2D eigenvalue weighted by Gasteiger charge is 2.29. The van der Waals surface area contributed by atoms with Crippen molar-refractivity contribution in [2.45, 2.75) is 30.7 Å². The van der Waals surface area contributed by atoms with Gasteiger partial charge in [0.1, 0.15) is 0 Å². The molecule has 1 aromatic heterocycles. The summed E-state index contributed by atoms with van der Waals surface area (Å²) in [5, 5.41) is 11.9. The molecule has 0 atom stereocenters. The Morgan fingerprint density at radius 2 is 1.75 bits per heavy atom. The molecule has 3 aromatic rings. The molecule has 0 unspecified atom stereocenters. The van der Waals surface area contributed by atoms with Gasteiger partial charge in [-0.15, -0.1) is 11.3 Å². The zero-order valence-electron chi connectivity index (χ0n) is 16.9. The Balaban J connectivity index is 1.53. The molecule has 0 bridgehead atoms. The lowest BCUT2D eigenvalue weighted by Crippen LogP contribution is -2.35. The van der Waals surface area contributed by atoms with Crippen molar-refractivity contribution in [3.63, 3.8) is 0 Å². The number of carbonyl (C=O) groups is 2. The van der Waals surface area contributed by atoms with Crippen LogP contribution < -0.4 is 10.0 Å². The van der Waals surface area contributed by atoms with Crippen LogP contribution in [0.4, 0.5) is 5.69 Å². The summed E-state index contributed by atoms with van der Waals surface area (Å²) in [5.41, 5.74) is 2.32. The van der Waals surface area contributed by atoms with Gasteiger partial charge in [-0.25, -0.2) is 17.9 Å². The molecule has 1 heterocycles. The minimum atomic E-state index is -3.82. The summed E-state index contributed by atoms with van der Waals surface area (Å²) in [5.74, 6) is -1.76. The first kappa shape index (κ1) is 22.7. The third-order valence-electron chi connectivity index (χ3n) is 5.22. The molecule has 1 aliphatic carbocycles. The summed E-state index contributed by atoms with van der Waals surface area (Å²) in [7, 11) is -3.82. The van der Waals surface area contributed by atoms with Gasteiger partial charge in [0.2, 0.25) is 10.0 Å². The number of thiophene rings is 1. The maximum Gasteiger partial charge on any atom is 0.337 e. The second-order valence-corrected chi connectivity index (χ2v) is 11.3. The molecule has 4 rings (SSSR count). The third kappa shape index (κ3) is 4.63. The van der Waals surface area contributed by atoms with E-state index in [1.165, 1.54) is 18.2 Å². The average Bonchev–Trinajstić information content (AvgIpc) is 3.31. The molecule has 7 nitrogen and oxygen atoms in total. The Hall–Kier alpha value is -2.53. The molecule has 1 amide bonds. The number of anilines is 1. The van der Waals surface area contributed by atoms with E-state index in [2.05, 4.69) is 26.0 Å². The number of nitrogens with one attached hydrogen (secondary N) is 2. The van der Waals surface area contributed by atoms with Gasteiger partial charge in [-0.3, -0.25) is 4.79 Å². The van der Waals surface area contributed by atoms with Crippen molar-refractivity contribution in [2.24, 2.45) is 0 Å². The van der Waals surface area contributed by atoms with E-state index < -0.39 is 21.9 Å². The number of amides is 1. The van der Waals surface area contributed by atoms with Crippen LogP contribution in [0, 0.1) is 6.92 Å². The Labute approximate surface area is 197 Å². The predicted octanol–water partition coefficient (Wildman–Crippen LogP) is 4.22. The molecule has 32 heavy (non-hydrogen) atoms. The normalized spacial score (nSPS) is 13.7. The lowest BCUT2D eigenvalue weighted by molar-refractivity contribution is 0.0698. The monoisotopic (exact) mass is 534 g/mol. The van der Waals surface area contributed by atoms with Crippen LogP contribution in [0.15, 0.2) is 57.9 Å². The van der Waals surface area contributed by atoms with Crippen molar-refractivity contribution in [2.75, 3.05) is 5.32 Å². The zero-order chi connectivity index (χ0) is 23.0. The second-order valence-electron chi connectivity index (χ2n) is 7.48. The maximum absolute atomic E-state index is 13.0. The number of benzene rings is 2. The first-order valence-corrected chi connectivity index (χ1v) is 12.8. The standard InChI is InChI=1S/C22H19BrN2O5S2/c1-12-20(32(29,30)25-16-8-13-4-2-3-5-14(13)9-16)11-19(31-12)21(26)24-18-7-6-15(23)10-17(18)22(27)28/h2-7,10-11,16,25H,8-9H2,1H3,(H,24,26)(H,27,28). The van der Waals surface area contributed by atoms with Crippen molar-refractivity contribution in [3.8, 4) is 0 Å². The summed E-state index contributed by atoms with van der Waals surface area (Å²) in [4.78, 5) is 24.9. The molecule has 3 N–H and O–H groups in total. The Morgan fingerprint density at radius 3 is 2.38 bits per heavy atom. The van der Waals surface area contributed by atoms with E-state index in [4.69, 9.17) is 0 Å². The van der Waals surface area contributed by atoms with Crippen LogP contribution in [0.25, 0.3) is 0 Å². The van der Waals surface area contributed by atoms with Crippen LogP contribution >= 0.6 is 27.3 Å². The van der Waals surface area contributed by atoms with Gasteiger partial charge in [-0.2, -0.15) is 0 Å². The molecule has 0 saturated heterocycles. The van der Waals surface area contributed by atoms with Crippen LogP contribution in [-0.4, -0.2) is 31.4 Å². The minimum absolute atomic E-state index is 0.0536. The number of hydrogen-bond acceptors (Lipinski definition) is 5. The maximum atomic E-state index is 13.0. The van der Waals surface area contributed by atoms with E-state index >= 15 is 0 Å². The van der Waals surface area contributed by atoms with E-state index in [0.717, 1.165) is 22.5 Å². The number of halogens is 1. The van der Waals surface area contributed by atoms with Crippen molar-refractivity contribution in [1.29, 1.82) is 0 Å². The molecule has 0 saturated carbocycles. The van der Waals surface area contributed by atoms with Gasteiger partial charge in [0.25, 0.3) is 5.91 Å². The van der Waals surface area contributed by atoms with Crippen LogP contribution in [0.3, 0.4) is 0 Å². The largest absolute Gasteiger partial charge is 0.478 e. The van der Waals surface area contributed by atoms with Crippen molar-refractivity contribution in [3.05, 3.63) is 79.4 Å². The summed E-state index contributed by atoms with van der Waals surface area (Å²) in [6.45, 7) is 1.64. The van der Waals surface area contributed by atoms with Crippen LogP contribution in [-0.2, 0) is 22.9 Å². The smallest absolute Gasteiger partial charge is 0.337 e. The summed E-state index contributed by atoms with van der Waals surface area (Å²) < 4.78 is 29.4. The first-order chi connectivity index (χ1) is 15.1. The Bertz CT molecular complexity index is 1310. The van der Waals surface area contributed by atoms with Gasteiger partial charge in [-0.05, 0) is 55.2 Å². The lowest BCUT2D eigenvalue weighted by atomic mass is 10.1. The average molecular weight is 535 g/mol. The Kier molecular flexibility index (Phi) is 6.22. The van der Waals surface area contributed by atoms with Crippen LogP contribution in [0.2, 0.25) is 0 Å². The SMILES string of the molecule is Cc1sc(C(=O)Nc2ccc(Br)cc2C(=O)O)cc1S(=O)(=O)NC1Cc2ccccc2C1. The molecule has 0 radical (unpaired) electrons. The molecule has 166 valence electrons. The molecular weight excluding hydrogens is 516 g/mol. The number of hydrogen-bond donors (Lipinski definition) is 3. The van der Waals surface area contributed by atoms with E-state index in [9.17, 15) is 23.1 Å². The molecule has 0 spiro atoms. The van der Waals surface area contributed by atoms with E-state index in [1.54, 1.807) is 13.0 Å². The third-order valence-corrected chi connectivity index (χ3v) is 8.54. The number of aromatic carboxylic acids is 1. The number of fused-ring (bicyclic) bond motifs is 1.